The molecule has 0 radical (unpaired) electrons. The van der Waals surface area contributed by atoms with Crippen molar-refractivity contribution in [2.24, 2.45) is 0 Å². The van der Waals surface area contributed by atoms with Crippen molar-refractivity contribution in [3.63, 3.8) is 0 Å². The third-order valence-corrected chi connectivity index (χ3v) is 0. The maximum absolute atomic E-state index is 7.72. The first-order valence-electron chi connectivity index (χ1n) is 2.25. The van der Waals surface area contributed by atoms with Gasteiger partial charge in [0, 0.05) is 343 Å². The fourth-order valence-electron chi connectivity index (χ4n) is 0. The van der Waals surface area contributed by atoms with E-state index in [1.54, 1.807) is 0 Å². The van der Waals surface area contributed by atoms with Gasteiger partial charge in [0.2, 0.25) is 0 Å². The van der Waals surface area contributed by atoms with Crippen molar-refractivity contribution in [1.29, 1.82) is 0 Å². The van der Waals surface area contributed by atoms with E-state index in [4.69, 9.17) is 34.4 Å². The van der Waals surface area contributed by atoms with Gasteiger partial charge in [-0.3, -0.25) is 0 Å². The van der Waals surface area contributed by atoms with Crippen LogP contribution in [0.15, 0.2) is 0 Å². The van der Waals surface area contributed by atoms with Gasteiger partial charge in [0.05, 0.1) is 0 Å². The maximum Gasteiger partial charge on any atom is 0.0319 e. The minimum absolute atomic E-state index is 0. The predicted octanol–water partition coefficient (Wildman–Crippen LogP) is -30.6. The molecular formula is C4H85Cl3O40Zr12. The molecule has 0 bridgehead atoms. The molecule has 0 aromatic carbocycles. The zero-order chi connectivity index (χ0) is 14.0. The van der Waals surface area contributed by atoms with Crippen LogP contribution in [0.2, 0.25) is 0 Å². The molecule has 0 amide bonds. The summed E-state index contributed by atoms with van der Waals surface area (Å²) in [5, 5.41) is 28.0. The van der Waals surface area contributed by atoms with E-state index in [1.807, 2.05) is 0 Å². The van der Waals surface area contributed by atoms with Crippen LogP contribution in [0.1, 0.15) is 0 Å². The fourth-order valence-corrected chi connectivity index (χ4v) is 0. The number of aliphatic hydroxyl groups is 4. The molecule has 0 unspecified atom stereocenters. The molecule has 0 saturated heterocycles. The largest absolute Gasteiger partial charge is 0.769 e. The first kappa shape index (κ1) is 1110. The minimum Gasteiger partial charge on any atom is -0.769 e. The zero-order valence-corrected chi connectivity index (χ0v) is 62.6. The summed E-state index contributed by atoms with van der Waals surface area (Å²) in [6.45, 7) is 0. The normalized spacial score (nSPS) is 0.712. The van der Waals surface area contributed by atoms with E-state index < -0.39 is 0 Å². The topological polar surface area (TPSA) is 1190 Å². The molecular weight excluding hydrogens is 1890 g/mol. The van der Waals surface area contributed by atoms with Crippen LogP contribution in [-0.2, 0) is 331 Å². The molecule has 55 heteroatoms. The van der Waals surface area contributed by atoms with E-state index in [-0.39, 0.29) is 495 Å². The first-order chi connectivity index (χ1) is 7.00. The predicted molar refractivity (Wildman–Crippen MR) is 173 cm³/mol. The van der Waals surface area contributed by atoms with Crippen molar-refractivity contribution < 1.29 is 530 Å². The molecule has 59 heavy (non-hydrogen) atoms. The molecule has 0 aliphatic carbocycles. The summed E-state index contributed by atoms with van der Waals surface area (Å²) in [6, 6.07) is 0. The van der Waals surface area contributed by atoms with E-state index in [1.165, 1.54) is 0 Å². The Kier molecular flexibility index (Phi) is 58900. The van der Waals surface area contributed by atoms with Gasteiger partial charge in [-0.05, 0) is 0 Å². The molecule has 0 aliphatic rings. The summed E-state index contributed by atoms with van der Waals surface area (Å²) in [5.41, 5.74) is 0. The Hall–Kier alpha value is 9.87. The Balaban J connectivity index is -0.000000000172. The molecule has 0 aliphatic heterocycles. The van der Waals surface area contributed by atoms with Gasteiger partial charge >= 0.3 is 0 Å². The van der Waals surface area contributed by atoms with Gasteiger partial charge in [0.1, 0.15) is 0 Å². The number of halogens is 3. The number of rotatable bonds is 0. The molecule has 410 valence electrons. The van der Waals surface area contributed by atoms with Crippen LogP contribution in [0.4, 0.5) is 0 Å². The van der Waals surface area contributed by atoms with Crippen molar-refractivity contribution >= 4 is 35.6 Å². The van der Waals surface area contributed by atoms with Gasteiger partial charge in [-0.2, -0.15) is 0 Å². The molecule has 0 saturated carbocycles. The quantitative estimate of drug-likeness (QED) is 0.170. The van der Waals surface area contributed by atoms with Crippen molar-refractivity contribution in [3.8, 4) is 0 Å². The molecule has 0 rings (SSSR count). The Labute approximate surface area is 583 Å². The van der Waals surface area contributed by atoms with E-state index in [2.05, 4.69) is 35.6 Å². The van der Waals surface area contributed by atoms with Crippen LogP contribution in [-0.4, -0.2) is 213 Å². The van der Waals surface area contributed by atoms with Gasteiger partial charge in [-0.25, -0.2) is 35.6 Å². The molecule has 0 spiro atoms. The monoisotopic (exact) mass is 1960 g/mol. The van der Waals surface area contributed by atoms with E-state index >= 15 is 0 Å². The average molecular weight is 1970 g/mol. The SMILES string of the molecule is CO.CO.CO.CO.O.O.O.O.O.O.O.O.O.O.O.O.O.O.O.O.O.O.O.O.O.O.O.O.O.O.O.O.O.O.[O-]Cl.[O-]Cl.[O-]Cl.[OH3+].[OH3+].[OH3+].[Zr].[Zr].[Zr].[Zr].[Zr].[Zr].[Zr].[Zr].[Zr].[Zr].[Zr].[Zr]. The smallest absolute Gasteiger partial charge is 0.0319 e. The second-order valence-electron chi connectivity index (χ2n) is 0. The number of aliphatic hydroxyl groups excluding tert-OH is 4. The molecule has 0 aromatic rings. The maximum atomic E-state index is 7.72. The Bertz CT molecular complexity index is 78.4. The van der Waals surface area contributed by atoms with Crippen molar-refractivity contribution in [2.75, 3.05) is 28.4 Å². The summed E-state index contributed by atoms with van der Waals surface area (Å²) in [7, 11) is 4.00. The van der Waals surface area contributed by atoms with E-state index in [9.17, 15) is 0 Å². The first-order valence-corrected chi connectivity index (χ1v) is 3.18. The van der Waals surface area contributed by atoms with Crippen LogP contribution in [0, 0.1) is 0 Å². The molecule has 0 aromatic heterocycles. The molecule has 0 heterocycles. The number of hydrogen-bond acceptors (Lipinski definition) is 7. The van der Waals surface area contributed by atoms with Gasteiger partial charge in [-0.15, -0.1) is 0 Å². The summed E-state index contributed by atoms with van der Waals surface area (Å²) in [5.74, 6) is 0. The minimum atomic E-state index is 0. The second kappa shape index (κ2) is 3120. The Morgan fingerprint density at radius 1 is 0.153 bits per heavy atom. The Morgan fingerprint density at radius 3 is 0.153 bits per heavy atom. The molecule has 0 fully saturated rings. The summed E-state index contributed by atoms with van der Waals surface area (Å²) >= 11 is 10.2. The summed E-state index contributed by atoms with van der Waals surface area (Å²) in [4.78, 5) is 0. The van der Waals surface area contributed by atoms with Crippen molar-refractivity contribution in [2.45, 2.75) is 0 Å². The van der Waals surface area contributed by atoms with Crippen LogP contribution >= 0.6 is 35.6 Å². The third kappa shape index (κ3) is 3020. The second-order valence-corrected chi connectivity index (χ2v) is 0. The fraction of sp³-hybridized carbons (Fsp3) is 1.00. The van der Waals surface area contributed by atoms with Gasteiger partial charge in [0.15, 0.2) is 0 Å². The molecule has 40 nitrogen and oxygen atoms in total. The third-order valence-electron chi connectivity index (χ3n) is 0. The zero-order valence-electron chi connectivity index (χ0n) is 30.9. The van der Waals surface area contributed by atoms with Crippen molar-refractivity contribution in [3.05, 3.63) is 0 Å². The van der Waals surface area contributed by atoms with Crippen LogP contribution in [0.25, 0.3) is 0 Å². The standard InChI is InChI=1S/4CH4O.3ClO.33H2O.12Zr/c7*1-2;;;;;;;;;;;;;;;;;;;;;;;;;;;;;;;;;;;;;;;;;;;;;/h4*2H,1H3;;;;33*1H2;;;;;;;;;;;;/q;;;;3*-1;;;;;;;;;;;;;;;;;;;;;;;;;;;;;;;;;;;;;;;;;;;;;/p+3. The van der Waals surface area contributed by atoms with Gasteiger partial charge < -0.3 is 215 Å². The van der Waals surface area contributed by atoms with E-state index in [0.717, 1.165) is 28.4 Å². The van der Waals surface area contributed by atoms with Gasteiger partial charge in [-0.1, -0.05) is 0 Å². The molecule has 0 atom stereocenters. The van der Waals surface area contributed by atoms with Crippen LogP contribution in [0.5, 0.6) is 0 Å². The number of hydrogen-bond donors (Lipinski definition) is 4. The van der Waals surface area contributed by atoms with Crippen LogP contribution in [0.3, 0.4) is 0 Å². The Morgan fingerprint density at radius 2 is 0.153 bits per heavy atom. The van der Waals surface area contributed by atoms with Crippen molar-refractivity contribution in [1.82, 2.24) is 0 Å². The summed E-state index contributed by atoms with van der Waals surface area (Å²) < 4.78 is 23.2. The average Bonchev–Trinajstić information content (AvgIpc) is 2.45. The molecule has 73 N–H and O–H groups in total. The van der Waals surface area contributed by atoms with E-state index in [0.29, 0.717) is 0 Å². The van der Waals surface area contributed by atoms with Gasteiger partial charge in [0.25, 0.3) is 0 Å². The summed E-state index contributed by atoms with van der Waals surface area (Å²) in [6.07, 6.45) is 0. The van der Waals surface area contributed by atoms with Crippen LogP contribution < -0.4 is 14.0 Å².